The number of piperazine rings is 1. The third-order valence-corrected chi connectivity index (χ3v) is 12.9. The van der Waals surface area contributed by atoms with Crippen molar-refractivity contribution >= 4 is 44.7 Å². The van der Waals surface area contributed by atoms with Gasteiger partial charge in [-0.3, -0.25) is 14.7 Å². The predicted molar refractivity (Wildman–Crippen MR) is 174 cm³/mol. The number of aromatic nitrogens is 2. The molecule has 1 unspecified atom stereocenters. The van der Waals surface area contributed by atoms with Gasteiger partial charge in [0.2, 0.25) is 0 Å². The molecule has 248 valence electrons. The first-order chi connectivity index (χ1) is 22.4. The Bertz CT molecular complexity index is 1850. The number of amides is 1. The third kappa shape index (κ3) is 6.88. The van der Waals surface area contributed by atoms with Gasteiger partial charge in [0.15, 0.2) is 10.3 Å². The summed E-state index contributed by atoms with van der Waals surface area (Å²) in [6.45, 7) is 3.52. The molecule has 15 heteroatoms. The first-order valence-electron chi connectivity index (χ1n) is 15.1. The number of benzene rings is 1. The highest BCUT2D eigenvalue weighted by Gasteiger charge is 2.55. The molecule has 1 amide bonds. The van der Waals surface area contributed by atoms with E-state index in [-0.39, 0.29) is 17.3 Å². The molecule has 0 aliphatic carbocycles. The highest BCUT2D eigenvalue weighted by molar-refractivity contribution is 7.88. The zero-order valence-electron chi connectivity index (χ0n) is 25.2. The highest BCUT2D eigenvalue weighted by Crippen LogP contribution is 2.41. The molecule has 1 aromatic carbocycles. The van der Waals surface area contributed by atoms with Crippen LogP contribution < -0.4 is 10.6 Å². The number of halogens is 4. The number of sulfonamides is 1. The Morgan fingerprint density at radius 1 is 1.04 bits per heavy atom. The van der Waals surface area contributed by atoms with Crippen LogP contribution in [0.3, 0.4) is 0 Å². The van der Waals surface area contributed by atoms with Gasteiger partial charge in [0, 0.05) is 69.1 Å². The molecular weight excluding hydrogens is 673 g/mol. The summed E-state index contributed by atoms with van der Waals surface area (Å²) in [6, 6.07) is 14.1. The summed E-state index contributed by atoms with van der Waals surface area (Å²) in [7, 11) is -4.15. The van der Waals surface area contributed by atoms with Crippen LogP contribution in [0.25, 0.3) is 11.3 Å². The van der Waals surface area contributed by atoms with Crippen molar-refractivity contribution < 1.29 is 30.3 Å². The number of anilines is 1. The third-order valence-electron chi connectivity index (χ3n) is 8.85. The van der Waals surface area contributed by atoms with Crippen LogP contribution >= 0.6 is 22.9 Å². The molecule has 0 radical (unpaired) electrons. The Morgan fingerprint density at radius 3 is 2.40 bits per heavy atom. The van der Waals surface area contributed by atoms with E-state index in [4.69, 9.17) is 22.3 Å². The summed E-state index contributed by atoms with van der Waals surface area (Å²) in [4.78, 5) is 26.2. The maximum absolute atomic E-state index is 14.3. The predicted octanol–water partition coefficient (Wildman–Crippen LogP) is 5.55. The number of pyridine rings is 2. The minimum absolute atomic E-state index is 0.0395. The van der Waals surface area contributed by atoms with Gasteiger partial charge in [-0.05, 0) is 48.0 Å². The molecule has 3 aromatic heterocycles. The zero-order chi connectivity index (χ0) is 33.4. The van der Waals surface area contributed by atoms with Crippen LogP contribution in [0, 0.1) is 0 Å². The molecule has 47 heavy (non-hydrogen) atoms. The lowest BCUT2D eigenvalue weighted by Crippen LogP contribution is -2.59. The van der Waals surface area contributed by atoms with Crippen molar-refractivity contribution in [2.45, 2.75) is 42.4 Å². The van der Waals surface area contributed by atoms with Crippen LogP contribution in [0.1, 0.15) is 29.5 Å². The summed E-state index contributed by atoms with van der Waals surface area (Å²) in [5.74, 6) is -0.140. The fraction of sp³-hybridized carbons (Fsp3) is 0.344. The lowest BCUT2D eigenvalue weighted by molar-refractivity contribution is -0.823. The number of alkyl halides is 3. The van der Waals surface area contributed by atoms with Crippen LogP contribution in [-0.4, -0.2) is 71.8 Å². The van der Waals surface area contributed by atoms with Gasteiger partial charge in [-0.25, -0.2) is 4.98 Å². The molecule has 6 rings (SSSR count). The molecule has 5 heterocycles. The number of carbonyl (C=O) groups excluding carboxylic acids is 1. The molecule has 2 fully saturated rings. The quantitative estimate of drug-likeness (QED) is 0.228. The molecule has 0 spiro atoms. The molecule has 2 aliphatic rings. The fourth-order valence-electron chi connectivity index (χ4n) is 6.49. The first-order valence-corrected chi connectivity index (χ1v) is 17.7. The standard InChI is InChI=1S/C32H32ClF3N6O3S2/c33-28-9-10-30(46-28)47(44,45)42(16-2-4-27(42)31(37)43)21-23-17-26(24-5-7-25(8-6-24)32(34,35)36)39-29(18-23)41-14-12-40(13-15-41)20-22-3-1-11-38-19-22/h1,3,5-11,17-19,27H,2,4,12-16,20-21H2,(H-,37,43)/p+1/t27-,42?/m0/s1. The maximum atomic E-state index is 14.3. The lowest BCUT2D eigenvalue weighted by atomic mass is 10.1. The number of thiophene rings is 1. The van der Waals surface area contributed by atoms with Gasteiger partial charge in [0.05, 0.1) is 22.1 Å². The molecule has 0 saturated carbocycles. The van der Waals surface area contributed by atoms with Gasteiger partial charge in [0.1, 0.15) is 12.4 Å². The van der Waals surface area contributed by atoms with E-state index in [1.807, 2.05) is 24.4 Å². The van der Waals surface area contributed by atoms with E-state index in [9.17, 15) is 26.4 Å². The lowest BCUT2D eigenvalue weighted by Gasteiger charge is -2.37. The van der Waals surface area contributed by atoms with Crippen molar-refractivity contribution in [1.29, 1.82) is 0 Å². The molecular formula is C32H33ClF3N6O3S2+. The topological polar surface area (TPSA) is 109 Å². The maximum Gasteiger partial charge on any atom is 0.416 e. The second-order valence-electron chi connectivity index (χ2n) is 11.8. The smallest absolute Gasteiger partial charge is 0.364 e. The van der Waals surface area contributed by atoms with E-state index in [1.54, 1.807) is 12.3 Å². The fourth-order valence-corrected chi connectivity index (χ4v) is 10.4. The van der Waals surface area contributed by atoms with Crippen LogP contribution in [0.4, 0.5) is 19.0 Å². The van der Waals surface area contributed by atoms with Crippen molar-refractivity contribution in [2.24, 2.45) is 5.73 Å². The Kier molecular flexibility index (Phi) is 9.33. The number of hydrogen-bond donors (Lipinski definition) is 1. The summed E-state index contributed by atoms with van der Waals surface area (Å²) in [6.07, 6.45) is -0.161. The van der Waals surface area contributed by atoms with Crippen molar-refractivity contribution in [3.8, 4) is 11.3 Å². The van der Waals surface area contributed by atoms with Crippen molar-refractivity contribution in [3.05, 3.63) is 94.1 Å². The number of quaternary nitrogens is 1. The molecule has 9 nitrogen and oxygen atoms in total. The normalized spacial score (nSPS) is 20.9. The number of nitrogens with zero attached hydrogens (tertiary/aromatic N) is 5. The highest BCUT2D eigenvalue weighted by atomic mass is 35.5. The van der Waals surface area contributed by atoms with E-state index >= 15 is 0 Å². The molecule has 2 N–H and O–H groups in total. The largest absolute Gasteiger partial charge is 0.416 e. The van der Waals surface area contributed by atoms with Crippen molar-refractivity contribution in [3.63, 3.8) is 0 Å². The Hall–Kier alpha value is -3.56. The Labute approximate surface area is 280 Å². The van der Waals surface area contributed by atoms with Crippen LogP contribution in [0.5, 0.6) is 0 Å². The second-order valence-corrected chi connectivity index (χ2v) is 15.9. The van der Waals surface area contributed by atoms with E-state index in [1.165, 1.54) is 24.3 Å². The van der Waals surface area contributed by atoms with Gasteiger partial charge in [-0.1, -0.05) is 29.8 Å². The van der Waals surface area contributed by atoms with Crippen LogP contribution in [0.2, 0.25) is 4.34 Å². The van der Waals surface area contributed by atoms with Crippen LogP contribution in [-0.2, 0) is 34.1 Å². The minimum atomic E-state index is -4.50. The van der Waals surface area contributed by atoms with Crippen molar-refractivity contribution in [2.75, 3.05) is 37.6 Å². The summed E-state index contributed by atoms with van der Waals surface area (Å²) < 4.78 is 68.4. The average Bonchev–Trinajstić information content (AvgIpc) is 3.69. The van der Waals surface area contributed by atoms with Gasteiger partial charge in [0.25, 0.3) is 5.91 Å². The number of hydrogen-bond acceptors (Lipinski definition) is 8. The summed E-state index contributed by atoms with van der Waals surface area (Å²) in [5, 5.41) is 0. The van der Waals surface area contributed by atoms with Crippen molar-refractivity contribution in [1.82, 2.24) is 14.9 Å². The molecule has 0 bridgehead atoms. The molecule has 2 aliphatic heterocycles. The van der Waals surface area contributed by atoms with Gasteiger partial charge in [-0.2, -0.15) is 25.5 Å². The number of carbonyl (C=O) groups is 1. The van der Waals surface area contributed by atoms with E-state index in [2.05, 4.69) is 14.8 Å². The monoisotopic (exact) mass is 705 g/mol. The number of primary amides is 1. The number of rotatable bonds is 9. The first kappa shape index (κ1) is 33.3. The van der Waals surface area contributed by atoms with E-state index in [0.29, 0.717) is 52.9 Å². The SMILES string of the molecule is NC(=O)[C@@H]1CCC[N+]1(Cc1cc(-c2ccc(C(F)(F)F)cc2)nc(N2CCN(Cc3cccnc3)CC2)c1)S(=O)(=O)c1ccc(Cl)s1. The molecule has 4 aromatic rings. The molecule has 2 atom stereocenters. The average molecular weight is 706 g/mol. The van der Waals surface area contributed by atoms with Crippen LogP contribution in [0.15, 0.2) is 77.3 Å². The summed E-state index contributed by atoms with van der Waals surface area (Å²) >= 11 is 7.06. The second kappa shape index (κ2) is 13.2. The number of likely N-dealkylation sites (tertiary alicyclic amines) is 1. The Balaban J connectivity index is 1.38. The minimum Gasteiger partial charge on any atom is -0.364 e. The Morgan fingerprint density at radius 2 is 1.79 bits per heavy atom. The van der Waals surface area contributed by atoms with E-state index < -0.39 is 37.6 Å². The van der Waals surface area contributed by atoms with Gasteiger partial charge in [-0.15, -0.1) is 11.3 Å². The zero-order valence-corrected chi connectivity index (χ0v) is 27.6. The van der Waals surface area contributed by atoms with Gasteiger partial charge >= 0.3 is 16.2 Å². The van der Waals surface area contributed by atoms with E-state index in [0.717, 1.165) is 48.7 Å². The van der Waals surface area contributed by atoms with Gasteiger partial charge < -0.3 is 10.6 Å². The number of nitrogens with two attached hydrogens (primary N) is 1. The summed E-state index contributed by atoms with van der Waals surface area (Å²) in [5.41, 5.74) is 7.56. The molecule has 2 saturated heterocycles.